The third-order valence-electron chi connectivity index (χ3n) is 4.00. The van der Waals surface area contributed by atoms with Crippen molar-refractivity contribution in [3.8, 4) is 11.5 Å². The van der Waals surface area contributed by atoms with E-state index in [4.69, 9.17) is 0 Å². The van der Waals surface area contributed by atoms with Crippen molar-refractivity contribution in [1.29, 1.82) is 0 Å². The zero-order valence-corrected chi connectivity index (χ0v) is 13.2. The molecule has 0 saturated carbocycles. The summed E-state index contributed by atoms with van der Waals surface area (Å²) in [5.41, 5.74) is 1.60. The molecule has 0 aliphatic heterocycles. The quantitative estimate of drug-likeness (QED) is 0.802. The van der Waals surface area contributed by atoms with Gasteiger partial charge in [0.2, 0.25) is 0 Å². The summed E-state index contributed by atoms with van der Waals surface area (Å²) in [5.74, 6) is 0.501. The van der Waals surface area contributed by atoms with Crippen LogP contribution >= 0.6 is 0 Å². The first-order valence-electron chi connectivity index (χ1n) is 7.07. The fourth-order valence-corrected chi connectivity index (χ4v) is 3.04. The molecule has 2 rings (SSSR count). The molecule has 118 valence electrons. The van der Waals surface area contributed by atoms with E-state index in [-0.39, 0.29) is 22.7 Å². The zero-order valence-electron chi connectivity index (χ0n) is 12.4. The highest BCUT2D eigenvalue weighted by Crippen LogP contribution is 2.37. The number of hydrogen-bond acceptors (Lipinski definition) is 4. The summed E-state index contributed by atoms with van der Waals surface area (Å²) in [6.45, 7) is 2.04. The van der Waals surface area contributed by atoms with Crippen molar-refractivity contribution in [3.05, 3.63) is 59.7 Å². The molecule has 1 atom stereocenters. The van der Waals surface area contributed by atoms with Crippen LogP contribution in [0.4, 0.5) is 0 Å². The molecule has 0 aliphatic rings. The van der Waals surface area contributed by atoms with Crippen LogP contribution in [0.2, 0.25) is 0 Å². The SMILES string of the molecule is CC(CCCS(=O)[O-])(c1ccc(O)cc1)c1ccc(O)cc1. The lowest BCUT2D eigenvalue weighted by molar-refractivity contribution is 0.469. The fraction of sp³-hybridized carbons (Fsp3) is 0.294. The van der Waals surface area contributed by atoms with Gasteiger partial charge in [0.25, 0.3) is 0 Å². The average molecular weight is 319 g/mol. The molecule has 0 fully saturated rings. The Morgan fingerprint density at radius 3 is 1.73 bits per heavy atom. The summed E-state index contributed by atoms with van der Waals surface area (Å²) >= 11 is -2.05. The van der Waals surface area contributed by atoms with Gasteiger partial charge in [-0.3, -0.25) is 4.21 Å². The lowest BCUT2D eigenvalue weighted by Crippen LogP contribution is -2.24. The van der Waals surface area contributed by atoms with Gasteiger partial charge in [0.15, 0.2) is 0 Å². The van der Waals surface area contributed by atoms with E-state index in [0.717, 1.165) is 11.1 Å². The number of phenolic OH excluding ortho intramolecular Hbond substituents is 2. The predicted octanol–water partition coefficient (Wildman–Crippen LogP) is 3.06. The molecule has 2 N–H and O–H groups in total. The molecule has 1 unspecified atom stereocenters. The monoisotopic (exact) mass is 319 g/mol. The molecule has 0 amide bonds. The summed E-state index contributed by atoms with van der Waals surface area (Å²) in [7, 11) is 0. The van der Waals surface area contributed by atoms with Crippen LogP contribution in [-0.2, 0) is 16.5 Å². The Labute approximate surface area is 132 Å². The van der Waals surface area contributed by atoms with Crippen LogP contribution in [0.25, 0.3) is 0 Å². The molecule has 0 spiro atoms. The first kappa shape index (κ1) is 16.5. The van der Waals surface area contributed by atoms with Crippen molar-refractivity contribution in [2.75, 3.05) is 5.75 Å². The Bertz CT molecular complexity index is 589. The van der Waals surface area contributed by atoms with Gasteiger partial charge in [-0.25, -0.2) is 0 Å². The van der Waals surface area contributed by atoms with E-state index in [9.17, 15) is 19.0 Å². The van der Waals surface area contributed by atoms with Gasteiger partial charge in [-0.05, 0) is 48.2 Å². The van der Waals surface area contributed by atoms with Crippen LogP contribution < -0.4 is 0 Å². The van der Waals surface area contributed by atoms with Gasteiger partial charge in [0.05, 0.1) is 0 Å². The Hall–Kier alpha value is -1.85. The van der Waals surface area contributed by atoms with E-state index >= 15 is 0 Å². The molecular formula is C17H19O4S-. The van der Waals surface area contributed by atoms with Crippen LogP contribution in [-0.4, -0.2) is 24.7 Å². The van der Waals surface area contributed by atoms with Crippen molar-refractivity contribution in [2.45, 2.75) is 25.2 Å². The summed E-state index contributed by atoms with van der Waals surface area (Å²) in [4.78, 5) is 0. The van der Waals surface area contributed by atoms with Crippen molar-refractivity contribution >= 4 is 11.1 Å². The zero-order chi connectivity index (χ0) is 16.2. The molecule has 22 heavy (non-hydrogen) atoms. The third-order valence-corrected chi connectivity index (χ3v) is 4.62. The molecule has 0 radical (unpaired) electrons. The summed E-state index contributed by atoms with van der Waals surface area (Å²) < 4.78 is 21.6. The Morgan fingerprint density at radius 1 is 0.955 bits per heavy atom. The van der Waals surface area contributed by atoms with Crippen LogP contribution in [0.1, 0.15) is 30.9 Å². The lowest BCUT2D eigenvalue weighted by Gasteiger charge is -2.31. The maximum Gasteiger partial charge on any atom is 0.115 e. The topological polar surface area (TPSA) is 80.6 Å². The second-order valence-corrected chi connectivity index (χ2v) is 6.55. The number of rotatable bonds is 6. The van der Waals surface area contributed by atoms with Crippen molar-refractivity contribution in [3.63, 3.8) is 0 Å². The highest BCUT2D eigenvalue weighted by molar-refractivity contribution is 7.79. The molecule has 0 aliphatic carbocycles. The summed E-state index contributed by atoms with van der Waals surface area (Å²) in [5, 5.41) is 18.9. The van der Waals surface area contributed by atoms with Crippen LogP contribution in [0, 0.1) is 0 Å². The molecule has 2 aromatic carbocycles. The number of phenols is 2. The standard InChI is InChI=1S/C17H20O4S/c1-17(11-2-12-22(20)21,13-3-7-15(18)8-4-13)14-5-9-16(19)10-6-14/h3-10,18-19H,2,11-12H2,1H3,(H,20,21)/p-1. The Kier molecular flexibility index (Phi) is 5.21. The highest BCUT2D eigenvalue weighted by Gasteiger charge is 2.28. The first-order valence-corrected chi connectivity index (χ1v) is 8.31. The van der Waals surface area contributed by atoms with Crippen molar-refractivity contribution in [2.24, 2.45) is 0 Å². The van der Waals surface area contributed by atoms with Gasteiger partial charge in [-0.2, -0.15) is 0 Å². The van der Waals surface area contributed by atoms with E-state index in [0.29, 0.717) is 12.8 Å². The number of benzene rings is 2. The van der Waals surface area contributed by atoms with Gasteiger partial charge >= 0.3 is 0 Å². The molecule has 4 nitrogen and oxygen atoms in total. The van der Waals surface area contributed by atoms with Gasteiger partial charge in [-0.15, -0.1) is 0 Å². The smallest absolute Gasteiger partial charge is 0.115 e. The van der Waals surface area contributed by atoms with E-state index < -0.39 is 11.1 Å². The normalized spacial score (nSPS) is 13.0. The van der Waals surface area contributed by atoms with Gasteiger partial charge in [-0.1, -0.05) is 42.3 Å². The summed E-state index contributed by atoms with van der Waals surface area (Å²) in [6.07, 6.45) is 1.19. The third kappa shape index (κ3) is 3.87. The molecule has 0 heterocycles. The van der Waals surface area contributed by atoms with E-state index in [2.05, 4.69) is 0 Å². The average Bonchev–Trinajstić information content (AvgIpc) is 2.48. The largest absolute Gasteiger partial charge is 0.772 e. The number of hydrogen-bond donors (Lipinski definition) is 2. The molecule has 2 aromatic rings. The van der Waals surface area contributed by atoms with Gasteiger partial charge < -0.3 is 14.8 Å². The maximum atomic E-state index is 10.8. The first-order chi connectivity index (χ1) is 10.4. The van der Waals surface area contributed by atoms with E-state index in [1.54, 1.807) is 24.3 Å². The second-order valence-electron chi connectivity index (χ2n) is 5.54. The van der Waals surface area contributed by atoms with Crippen LogP contribution in [0.3, 0.4) is 0 Å². The molecule has 0 saturated heterocycles. The van der Waals surface area contributed by atoms with Crippen molar-refractivity contribution in [1.82, 2.24) is 0 Å². The van der Waals surface area contributed by atoms with E-state index in [1.807, 2.05) is 31.2 Å². The Morgan fingerprint density at radius 2 is 1.36 bits per heavy atom. The second kappa shape index (κ2) is 6.94. The highest BCUT2D eigenvalue weighted by atomic mass is 32.2. The van der Waals surface area contributed by atoms with Crippen LogP contribution in [0.15, 0.2) is 48.5 Å². The molecule has 5 heteroatoms. The molecule has 0 bridgehead atoms. The minimum absolute atomic E-state index is 0.117. The predicted molar refractivity (Wildman–Crippen MR) is 85.7 cm³/mol. The van der Waals surface area contributed by atoms with Gasteiger partial charge in [0.1, 0.15) is 11.5 Å². The Balaban J connectivity index is 2.36. The molecular weight excluding hydrogens is 300 g/mol. The lowest BCUT2D eigenvalue weighted by atomic mass is 9.73. The molecule has 0 aromatic heterocycles. The van der Waals surface area contributed by atoms with Crippen LogP contribution in [0.5, 0.6) is 11.5 Å². The number of aromatic hydroxyl groups is 2. The minimum atomic E-state index is -2.05. The maximum absolute atomic E-state index is 10.8. The summed E-state index contributed by atoms with van der Waals surface area (Å²) in [6, 6.07) is 13.9. The van der Waals surface area contributed by atoms with E-state index in [1.165, 1.54) is 0 Å². The van der Waals surface area contributed by atoms with Gasteiger partial charge in [0, 0.05) is 11.2 Å². The fourth-order valence-electron chi connectivity index (χ4n) is 2.66. The minimum Gasteiger partial charge on any atom is -0.772 e. The van der Waals surface area contributed by atoms with Crippen molar-refractivity contribution < 1.29 is 19.0 Å².